The first-order valence-electron chi connectivity index (χ1n) is 12.5. The van der Waals surface area contributed by atoms with Crippen molar-refractivity contribution in [3.8, 4) is 22.6 Å². The van der Waals surface area contributed by atoms with E-state index < -0.39 is 0 Å². The van der Waals surface area contributed by atoms with E-state index in [-0.39, 0.29) is 5.78 Å². The van der Waals surface area contributed by atoms with Gasteiger partial charge in [-0.3, -0.25) is 9.78 Å². The quantitative estimate of drug-likeness (QED) is 0.353. The van der Waals surface area contributed by atoms with Crippen LogP contribution in [-0.4, -0.2) is 46.2 Å². The van der Waals surface area contributed by atoms with Gasteiger partial charge in [0.15, 0.2) is 0 Å². The Bertz CT molecular complexity index is 1260. The summed E-state index contributed by atoms with van der Waals surface area (Å²) in [5, 5.41) is 18.9. The minimum atomic E-state index is 0.0764. The van der Waals surface area contributed by atoms with E-state index in [1.54, 1.807) is 6.20 Å². The van der Waals surface area contributed by atoms with Crippen molar-refractivity contribution in [3.05, 3.63) is 59.8 Å². The molecular formula is C26H30N8O. The van der Waals surface area contributed by atoms with E-state index in [4.69, 9.17) is 0 Å². The van der Waals surface area contributed by atoms with Gasteiger partial charge in [-0.1, -0.05) is 63.3 Å². The number of H-pyrrole nitrogens is 1. The normalized spacial score (nSPS) is 14.3. The summed E-state index contributed by atoms with van der Waals surface area (Å²) >= 11 is 0. The second-order valence-corrected chi connectivity index (χ2v) is 9.21. The van der Waals surface area contributed by atoms with Crippen LogP contribution in [0.5, 0.6) is 0 Å². The Balaban J connectivity index is 1.34. The van der Waals surface area contributed by atoms with Crippen LogP contribution in [0.4, 0.5) is 0 Å². The van der Waals surface area contributed by atoms with Gasteiger partial charge in [-0.2, -0.15) is 5.21 Å². The Morgan fingerprint density at radius 1 is 1.11 bits per heavy atom. The lowest BCUT2D eigenvalue weighted by molar-refractivity contribution is 0.0939. The molecule has 4 aromatic rings. The summed E-state index contributed by atoms with van der Waals surface area (Å²) in [5.41, 5.74) is 3.68. The number of nitrogens with one attached hydrogen (secondary N) is 1. The summed E-state index contributed by atoms with van der Waals surface area (Å²) in [5.74, 6) is 2.27. The monoisotopic (exact) mass is 470 g/mol. The van der Waals surface area contributed by atoms with E-state index in [1.807, 2.05) is 28.9 Å². The smallest absolute Gasteiger partial charge is 0.217 e. The predicted molar refractivity (Wildman–Crippen MR) is 131 cm³/mol. The van der Waals surface area contributed by atoms with Crippen LogP contribution in [0.25, 0.3) is 22.6 Å². The Hall–Kier alpha value is -3.75. The molecule has 1 N–H and O–H groups in total. The minimum absolute atomic E-state index is 0.0764. The summed E-state index contributed by atoms with van der Waals surface area (Å²) in [7, 11) is 0. The van der Waals surface area contributed by atoms with Crippen molar-refractivity contribution in [1.82, 2.24) is 40.4 Å². The first-order valence-corrected chi connectivity index (χ1v) is 12.5. The third kappa shape index (κ3) is 5.34. The first kappa shape index (κ1) is 23.0. The van der Waals surface area contributed by atoms with Gasteiger partial charge < -0.3 is 0 Å². The van der Waals surface area contributed by atoms with Gasteiger partial charge in [0.05, 0.1) is 5.69 Å². The number of rotatable bonds is 9. The van der Waals surface area contributed by atoms with E-state index in [0.29, 0.717) is 30.4 Å². The number of Topliss-reactive ketones (excluding diaryl/α,β-unsaturated/α-hetero) is 1. The standard InChI is InChI=1S/C26H30N8O/c1-2-15-34-23(28-26(31-34)22(35)16-18-7-4-3-5-8-18)17-19-10-12-20(13-11-19)24-21(9-6-14-27-24)25-29-32-33-30-25/h6,9-14,18H,2-5,7-8,15-17H2,1H3,(H,29,30,32,33). The van der Waals surface area contributed by atoms with Crippen molar-refractivity contribution in [2.45, 2.75) is 64.8 Å². The number of aromatic amines is 1. The molecule has 1 saturated carbocycles. The largest absolute Gasteiger partial charge is 0.291 e. The zero-order chi connectivity index (χ0) is 24.0. The molecule has 0 aliphatic heterocycles. The number of pyridine rings is 1. The van der Waals surface area contributed by atoms with Crippen LogP contribution in [0, 0.1) is 5.92 Å². The van der Waals surface area contributed by atoms with Crippen LogP contribution in [0.3, 0.4) is 0 Å². The van der Waals surface area contributed by atoms with Gasteiger partial charge in [0.1, 0.15) is 5.82 Å². The summed E-state index contributed by atoms with van der Waals surface area (Å²) in [4.78, 5) is 22.1. The third-order valence-electron chi connectivity index (χ3n) is 6.62. The molecule has 35 heavy (non-hydrogen) atoms. The van der Waals surface area contributed by atoms with Gasteiger partial charge in [0, 0.05) is 36.7 Å². The summed E-state index contributed by atoms with van der Waals surface area (Å²) in [6.45, 7) is 2.86. The molecule has 3 heterocycles. The van der Waals surface area contributed by atoms with Gasteiger partial charge in [-0.05, 0) is 35.2 Å². The molecule has 1 aliphatic rings. The van der Waals surface area contributed by atoms with E-state index in [9.17, 15) is 4.79 Å². The number of nitrogens with zero attached hydrogens (tertiary/aromatic N) is 7. The molecule has 180 valence electrons. The summed E-state index contributed by atoms with van der Waals surface area (Å²) in [6, 6.07) is 12.0. The van der Waals surface area contributed by atoms with E-state index in [2.05, 4.69) is 54.7 Å². The molecule has 3 aromatic heterocycles. The Morgan fingerprint density at radius 2 is 1.94 bits per heavy atom. The second-order valence-electron chi connectivity index (χ2n) is 9.21. The second kappa shape index (κ2) is 10.7. The van der Waals surface area contributed by atoms with Crippen molar-refractivity contribution in [2.24, 2.45) is 5.92 Å². The summed E-state index contributed by atoms with van der Waals surface area (Å²) < 4.78 is 1.90. The minimum Gasteiger partial charge on any atom is -0.291 e. The Kier molecular flexibility index (Phi) is 7.02. The Labute approximate surface area is 204 Å². The average Bonchev–Trinajstić information content (AvgIpc) is 3.56. The van der Waals surface area contributed by atoms with Crippen LogP contribution in [0.1, 0.15) is 73.9 Å². The van der Waals surface area contributed by atoms with Crippen LogP contribution >= 0.6 is 0 Å². The molecule has 0 spiro atoms. The molecule has 0 radical (unpaired) electrons. The molecule has 0 amide bonds. The lowest BCUT2D eigenvalue weighted by atomic mass is 9.86. The molecule has 0 bridgehead atoms. The van der Waals surface area contributed by atoms with Crippen molar-refractivity contribution in [3.63, 3.8) is 0 Å². The third-order valence-corrected chi connectivity index (χ3v) is 6.62. The maximum atomic E-state index is 12.9. The SMILES string of the molecule is CCCn1nc(C(=O)CC2CCCCC2)nc1Cc1ccc(-c2ncccc2-c2nn[nH]n2)cc1. The molecule has 0 atom stereocenters. The number of hydrogen-bond acceptors (Lipinski definition) is 7. The van der Waals surface area contributed by atoms with Gasteiger partial charge in [0.25, 0.3) is 0 Å². The van der Waals surface area contributed by atoms with E-state index >= 15 is 0 Å². The topological polar surface area (TPSA) is 115 Å². The number of ketones is 1. The van der Waals surface area contributed by atoms with Crippen molar-refractivity contribution >= 4 is 5.78 Å². The number of benzene rings is 1. The molecule has 9 heteroatoms. The molecule has 1 fully saturated rings. The fourth-order valence-corrected chi connectivity index (χ4v) is 4.81. The molecule has 9 nitrogen and oxygen atoms in total. The van der Waals surface area contributed by atoms with Crippen LogP contribution < -0.4 is 0 Å². The van der Waals surface area contributed by atoms with Gasteiger partial charge >= 0.3 is 0 Å². The molecule has 0 unspecified atom stereocenters. The highest BCUT2D eigenvalue weighted by Crippen LogP contribution is 2.29. The zero-order valence-corrected chi connectivity index (χ0v) is 20.0. The van der Waals surface area contributed by atoms with Gasteiger partial charge in [-0.25, -0.2) is 9.67 Å². The maximum absolute atomic E-state index is 12.9. The lowest BCUT2D eigenvalue weighted by Crippen LogP contribution is -2.13. The van der Waals surface area contributed by atoms with Crippen LogP contribution in [-0.2, 0) is 13.0 Å². The highest BCUT2D eigenvalue weighted by Gasteiger charge is 2.22. The van der Waals surface area contributed by atoms with Crippen molar-refractivity contribution < 1.29 is 4.79 Å². The number of carbonyl (C=O) groups excluding carboxylic acids is 1. The number of aromatic nitrogens is 8. The average molecular weight is 471 g/mol. The fraction of sp³-hybridized carbons (Fsp3) is 0.423. The van der Waals surface area contributed by atoms with Gasteiger partial charge in [-0.15, -0.1) is 15.3 Å². The highest BCUT2D eigenvalue weighted by atomic mass is 16.1. The predicted octanol–water partition coefficient (Wildman–Crippen LogP) is 4.67. The fourth-order valence-electron chi connectivity index (χ4n) is 4.81. The van der Waals surface area contributed by atoms with E-state index in [0.717, 1.165) is 54.0 Å². The number of hydrogen-bond donors (Lipinski definition) is 1. The van der Waals surface area contributed by atoms with Crippen molar-refractivity contribution in [2.75, 3.05) is 0 Å². The zero-order valence-electron chi connectivity index (χ0n) is 20.0. The number of carbonyl (C=O) groups is 1. The summed E-state index contributed by atoms with van der Waals surface area (Å²) in [6.07, 6.45) is 9.90. The van der Waals surface area contributed by atoms with E-state index in [1.165, 1.54) is 19.3 Å². The van der Waals surface area contributed by atoms with Crippen LogP contribution in [0.2, 0.25) is 0 Å². The highest BCUT2D eigenvalue weighted by molar-refractivity contribution is 5.92. The Morgan fingerprint density at radius 3 is 2.69 bits per heavy atom. The lowest BCUT2D eigenvalue weighted by Gasteiger charge is -2.19. The molecule has 1 aromatic carbocycles. The van der Waals surface area contributed by atoms with Gasteiger partial charge in [0.2, 0.25) is 17.4 Å². The number of tetrazole rings is 1. The molecule has 5 rings (SSSR count). The molecule has 1 aliphatic carbocycles. The molecule has 0 saturated heterocycles. The first-order chi connectivity index (χ1) is 17.2. The van der Waals surface area contributed by atoms with Crippen LogP contribution in [0.15, 0.2) is 42.6 Å². The van der Waals surface area contributed by atoms with Crippen molar-refractivity contribution in [1.29, 1.82) is 0 Å². The number of aryl methyl sites for hydroxylation is 1. The maximum Gasteiger partial charge on any atom is 0.217 e. The molecular weight excluding hydrogens is 440 g/mol.